The van der Waals surface area contributed by atoms with E-state index in [4.69, 9.17) is 32.7 Å². The van der Waals surface area contributed by atoms with E-state index < -0.39 is 24.0 Å². The molecule has 3 aromatic rings. The minimum Gasteiger partial charge on any atom is -0.496 e. The number of halogens is 2. The summed E-state index contributed by atoms with van der Waals surface area (Å²) in [6.45, 7) is 0. The molecule has 0 spiro atoms. The Bertz CT molecular complexity index is 1210. The van der Waals surface area contributed by atoms with E-state index in [1.54, 1.807) is 60.7 Å². The van der Waals surface area contributed by atoms with E-state index in [0.29, 0.717) is 27.6 Å². The number of carbonyl (C=O) groups excluding carboxylic acids is 2. The highest BCUT2D eigenvalue weighted by atomic mass is 35.5. The number of carbonyl (C=O) groups is 3. The Morgan fingerprint density at radius 1 is 0.944 bits per heavy atom. The number of nitrogens with one attached hydrogen (secondary N) is 2. The molecule has 0 radical (unpaired) electrons. The molecule has 2 amide bonds. The molecule has 0 aliphatic rings. The van der Waals surface area contributed by atoms with Crippen molar-refractivity contribution < 1.29 is 29.0 Å². The van der Waals surface area contributed by atoms with Gasteiger partial charge in [-0.05, 0) is 47.0 Å². The van der Waals surface area contributed by atoms with Gasteiger partial charge in [0.25, 0.3) is 5.91 Å². The Kier molecular flexibility index (Phi) is 9.16. The molecule has 0 aliphatic heterocycles. The first-order chi connectivity index (χ1) is 17.3. The van der Waals surface area contributed by atoms with Gasteiger partial charge in [0.1, 0.15) is 23.1 Å². The van der Waals surface area contributed by atoms with Gasteiger partial charge >= 0.3 is 5.97 Å². The molecule has 36 heavy (non-hydrogen) atoms. The van der Waals surface area contributed by atoms with Crippen LogP contribution >= 0.6 is 23.2 Å². The van der Waals surface area contributed by atoms with E-state index in [9.17, 15) is 19.5 Å². The molecule has 0 fully saturated rings. The van der Waals surface area contributed by atoms with Gasteiger partial charge in [-0.15, -0.1) is 0 Å². The lowest BCUT2D eigenvalue weighted by molar-refractivity contribution is -0.139. The molecular weight excluding hydrogens is 507 g/mol. The summed E-state index contributed by atoms with van der Waals surface area (Å²) in [5, 5.41) is 15.9. The smallest absolute Gasteiger partial charge is 0.326 e. The Labute approximate surface area is 218 Å². The van der Waals surface area contributed by atoms with Crippen molar-refractivity contribution in [2.45, 2.75) is 18.5 Å². The molecule has 8 nitrogen and oxygen atoms in total. The minimum absolute atomic E-state index is 0.0214. The van der Waals surface area contributed by atoms with Crippen LogP contribution in [-0.2, 0) is 16.0 Å². The summed E-state index contributed by atoms with van der Waals surface area (Å²) in [7, 11) is 2.82. The zero-order valence-electron chi connectivity index (χ0n) is 19.5. The molecule has 0 bridgehead atoms. The summed E-state index contributed by atoms with van der Waals surface area (Å²) in [5.74, 6) is -1.32. The normalized spacial score (nSPS) is 12.2. The van der Waals surface area contributed by atoms with Crippen LogP contribution in [0.25, 0.3) is 0 Å². The maximum absolute atomic E-state index is 12.9. The second-order valence-corrected chi connectivity index (χ2v) is 8.64. The molecule has 0 heterocycles. The van der Waals surface area contributed by atoms with Gasteiger partial charge in [0, 0.05) is 16.5 Å². The van der Waals surface area contributed by atoms with Crippen LogP contribution in [-0.4, -0.2) is 43.7 Å². The molecule has 10 heteroatoms. The number of carboxylic acids is 1. The second-order valence-electron chi connectivity index (χ2n) is 7.77. The highest BCUT2D eigenvalue weighted by molar-refractivity contribution is 6.34. The van der Waals surface area contributed by atoms with E-state index in [1.807, 2.05) is 0 Å². The van der Waals surface area contributed by atoms with E-state index in [1.165, 1.54) is 14.2 Å². The molecule has 3 rings (SSSR count). The predicted molar refractivity (Wildman–Crippen MR) is 136 cm³/mol. The summed E-state index contributed by atoms with van der Waals surface area (Å²) >= 11 is 12.2. The zero-order valence-corrected chi connectivity index (χ0v) is 21.0. The molecule has 0 saturated heterocycles. The number of hydrogen-bond donors (Lipinski definition) is 3. The Morgan fingerprint density at radius 2 is 1.53 bits per heavy atom. The predicted octanol–water partition coefficient (Wildman–Crippen LogP) is 4.27. The van der Waals surface area contributed by atoms with E-state index >= 15 is 0 Å². The van der Waals surface area contributed by atoms with Gasteiger partial charge in [-0.1, -0.05) is 53.5 Å². The largest absolute Gasteiger partial charge is 0.496 e. The van der Waals surface area contributed by atoms with Crippen molar-refractivity contribution in [3.05, 3.63) is 93.0 Å². The summed E-state index contributed by atoms with van der Waals surface area (Å²) in [6.07, 6.45) is 0.600. The van der Waals surface area contributed by atoms with Crippen LogP contribution in [0.2, 0.25) is 10.0 Å². The summed E-state index contributed by atoms with van der Waals surface area (Å²) in [6, 6.07) is 15.1. The lowest BCUT2D eigenvalue weighted by Crippen LogP contribution is -2.42. The van der Waals surface area contributed by atoms with Crippen molar-refractivity contribution >= 4 is 41.5 Å². The molecular formula is C26H24Cl2N2O6. The van der Waals surface area contributed by atoms with Gasteiger partial charge in [0.05, 0.1) is 20.3 Å². The van der Waals surface area contributed by atoms with Crippen LogP contribution < -0.4 is 20.1 Å². The lowest BCUT2D eigenvalue weighted by Gasteiger charge is -2.19. The van der Waals surface area contributed by atoms with Crippen LogP contribution in [0.1, 0.15) is 33.1 Å². The molecule has 1 unspecified atom stereocenters. The first-order valence-corrected chi connectivity index (χ1v) is 11.5. The summed E-state index contributed by atoms with van der Waals surface area (Å²) in [4.78, 5) is 36.1. The van der Waals surface area contributed by atoms with E-state index in [2.05, 4.69) is 10.6 Å². The monoisotopic (exact) mass is 530 g/mol. The number of ether oxygens (including phenoxy) is 2. The van der Waals surface area contributed by atoms with E-state index in [-0.39, 0.29) is 23.5 Å². The number of methoxy groups -OCH3 is 2. The van der Waals surface area contributed by atoms with Crippen LogP contribution in [0.15, 0.2) is 60.7 Å². The fourth-order valence-corrected chi connectivity index (χ4v) is 4.33. The maximum atomic E-state index is 12.9. The molecule has 2 atom stereocenters. The van der Waals surface area contributed by atoms with Crippen LogP contribution in [0.5, 0.6) is 11.5 Å². The number of aliphatic carboxylic acids is 1. The Hall–Kier alpha value is -3.75. The number of hydrogen-bond acceptors (Lipinski definition) is 5. The SMILES string of the molecule is COc1cccc(OC)c1C(=O)N[C@@H](Cc1ccc(C(NC=O)c2cc(Cl)cc(Cl)c2)cc1)C(=O)O. The maximum Gasteiger partial charge on any atom is 0.326 e. The van der Waals surface area contributed by atoms with Crippen molar-refractivity contribution in [3.63, 3.8) is 0 Å². The Morgan fingerprint density at radius 3 is 2.03 bits per heavy atom. The zero-order chi connectivity index (χ0) is 26.2. The fraction of sp³-hybridized carbons (Fsp3) is 0.192. The standard InChI is InChI=1S/C26H24Cl2N2O6/c1-35-21-4-3-5-22(36-2)23(21)25(32)30-20(26(33)34)10-15-6-8-16(9-7-15)24(29-14-31)17-11-18(27)13-19(28)12-17/h3-9,11-14,20,24H,10H2,1-2H3,(H,29,31)(H,30,32)(H,33,34)/t20-,24?/m0/s1. The third-order valence-corrected chi connectivity index (χ3v) is 5.90. The van der Waals surface area contributed by atoms with Crippen molar-refractivity contribution in [1.82, 2.24) is 10.6 Å². The average Bonchev–Trinajstić information content (AvgIpc) is 2.86. The number of benzene rings is 3. The fourth-order valence-electron chi connectivity index (χ4n) is 3.78. The highest BCUT2D eigenvalue weighted by Gasteiger charge is 2.25. The van der Waals surface area contributed by atoms with Gasteiger partial charge in [0.2, 0.25) is 6.41 Å². The van der Waals surface area contributed by atoms with Crippen molar-refractivity contribution in [2.24, 2.45) is 0 Å². The number of rotatable bonds is 11. The third kappa shape index (κ3) is 6.47. The van der Waals surface area contributed by atoms with Crippen LogP contribution in [0.3, 0.4) is 0 Å². The summed E-state index contributed by atoms with van der Waals surface area (Å²) < 4.78 is 10.5. The third-order valence-electron chi connectivity index (χ3n) is 5.46. The van der Waals surface area contributed by atoms with E-state index in [0.717, 1.165) is 5.56 Å². The first-order valence-electron chi connectivity index (χ1n) is 10.8. The van der Waals surface area contributed by atoms with Gasteiger partial charge in [0.15, 0.2) is 0 Å². The molecule has 3 aromatic carbocycles. The van der Waals surface area contributed by atoms with Crippen LogP contribution in [0.4, 0.5) is 0 Å². The number of carboxylic acid groups (broad SMARTS) is 1. The average molecular weight is 531 g/mol. The quantitative estimate of drug-likeness (QED) is 0.319. The molecule has 0 aliphatic carbocycles. The number of amides is 2. The van der Waals surface area contributed by atoms with Gasteiger partial charge < -0.3 is 25.2 Å². The summed E-state index contributed by atoms with van der Waals surface area (Å²) in [5.41, 5.74) is 2.19. The topological polar surface area (TPSA) is 114 Å². The van der Waals surface area contributed by atoms with Crippen molar-refractivity contribution in [1.29, 1.82) is 0 Å². The second kappa shape index (κ2) is 12.3. The van der Waals surface area contributed by atoms with Gasteiger partial charge in [-0.25, -0.2) is 4.79 Å². The lowest BCUT2D eigenvalue weighted by atomic mass is 9.96. The highest BCUT2D eigenvalue weighted by Crippen LogP contribution is 2.29. The van der Waals surface area contributed by atoms with Gasteiger partial charge in [-0.2, -0.15) is 0 Å². The molecule has 3 N–H and O–H groups in total. The van der Waals surface area contributed by atoms with Crippen molar-refractivity contribution in [3.8, 4) is 11.5 Å². The molecule has 0 saturated carbocycles. The first kappa shape index (κ1) is 26.8. The van der Waals surface area contributed by atoms with Crippen molar-refractivity contribution in [2.75, 3.05) is 14.2 Å². The Balaban J connectivity index is 1.81. The van der Waals surface area contributed by atoms with Gasteiger partial charge in [-0.3, -0.25) is 9.59 Å². The molecule has 188 valence electrons. The molecule has 0 aromatic heterocycles. The van der Waals surface area contributed by atoms with Crippen LogP contribution in [0, 0.1) is 0 Å². The minimum atomic E-state index is -1.21.